The summed E-state index contributed by atoms with van der Waals surface area (Å²) in [5.74, 6) is -1.93. The van der Waals surface area contributed by atoms with E-state index in [-0.39, 0.29) is 38.2 Å². The lowest BCUT2D eigenvalue weighted by atomic mass is 9.40. The molecule has 2 heterocycles. The first-order chi connectivity index (χ1) is 19.2. The Morgan fingerprint density at radius 1 is 1.02 bits per heavy atom. The molecule has 0 radical (unpaired) electrons. The summed E-state index contributed by atoms with van der Waals surface area (Å²) in [6, 6.07) is 0. The first-order valence-electron chi connectivity index (χ1n) is 14.9. The number of aliphatic hydroxyl groups is 8. The summed E-state index contributed by atoms with van der Waals surface area (Å²) in [5, 5.41) is 89.6. The third-order valence-corrected chi connectivity index (χ3v) is 12.2. The lowest BCUT2D eigenvalue weighted by Gasteiger charge is -2.68. The van der Waals surface area contributed by atoms with Crippen LogP contribution >= 0.6 is 0 Å². The van der Waals surface area contributed by atoms with Crippen molar-refractivity contribution in [3.8, 4) is 0 Å². The molecule has 41 heavy (non-hydrogen) atoms. The summed E-state index contributed by atoms with van der Waals surface area (Å²) in [6.07, 6.45) is -6.68. The van der Waals surface area contributed by atoms with Gasteiger partial charge in [0.25, 0.3) is 0 Å². The van der Waals surface area contributed by atoms with Crippen LogP contribution in [0.15, 0.2) is 11.6 Å². The van der Waals surface area contributed by atoms with Crippen LogP contribution < -0.4 is 0 Å². The highest BCUT2D eigenvalue weighted by Gasteiger charge is 2.75. The van der Waals surface area contributed by atoms with Crippen LogP contribution in [0.4, 0.5) is 0 Å². The Hall–Kier alpha value is -1.19. The van der Waals surface area contributed by atoms with E-state index in [1.165, 1.54) is 13.0 Å². The molecule has 6 aliphatic rings. The second-order valence-corrected chi connectivity index (χ2v) is 13.8. The maximum Gasteiger partial charge on any atom is 0.331 e. The van der Waals surface area contributed by atoms with Crippen LogP contribution in [-0.4, -0.2) is 120 Å². The van der Waals surface area contributed by atoms with Gasteiger partial charge in [-0.1, -0.05) is 6.92 Å². The molecule has 2 aliphatic heterocycles. The lowest BCUT2D eigenvalue weighted by Crippen LogP contribution is -2.76. The molecule has 0 unspecified atom stereocenters. The van der Waals surface area contributed by atoms with Gasteiger partial charge in [0, 0.05) is 30.3 Å². The van der Waals surface area contributed by atoms with Crippen molar-refractivity contribution >= 4 is 5.97 Å². The molecule has 0 spiro atoms. The summed E-state index contributed by atoms with van der Waals surface area (Å²) >= 11 is 0. The summed E-state index contributed by atoms with van der Waals surface area (Å²) in [4.78, 5) is 11.8. The van der Waals surface area contributed by atoms with E-state index in [2.05, 4.69) is 0 Å². The van der Waals surface area contributed by atoms with E-state index in [4.69, 9.17) is 14.2 Å². The maximum absolute atomic E-state index is 12.4. The van der Waals surface area contributed by atoms with E-state index in [9.17, 15) is 45.6 Å². The van der Waals surface area contributed by atoms with E-state index in [1.807, 2.05) is 6.92 Å². The van der Waals surface area contributed by atoms with E-state index in [0.717, 1.165) is 5.57 Å². The van der Waals surface area contributed by atoms with E-state index in [0.29, 0.717) is 19.3 Å². The largest absolute Gasteiger partial charge is 0.458 e. The second-order valence-electron chi connectivity index (χ2n) is 13.8. The van der Waals surface area contributed by atoms with Gasteiger partial charge < -0.3 is 55.1 Å². The van der Waals surface area contributed by atoms with E-state index >= 15 is 0 Å². The molecule has 0 amide bonds. The molecule has 0 aromatic rings. The van der Waals surface area contributed by atoms with Gasteiger partial charge in [0.2, 0.25) is 0 Å². The van der Waals surface area contributed by atoms with Gasteiger partial charge in [-0.15, -0.1) is 0 Å². The zero-order valence-corrected chi connectivity index (χ0v) is 23.5. The molecule has 232 valence electrons. The fourth-order valence-electron chi connectivity index (χ4n) is 10.1. The first-order valence-corrected chi connectivity index (χ1v) is 14.9. The van der Waals surface area contributed by atoms with Crippen LogP contribution in [-0.2, 0) is 19.0 Å². The highest BCUT2D eigenvalue weighted by atomic mass is 16.7. The second kappa shape index (κ2) is 9.91. The molecule has 12 nitrogen and oxygen atoms in total. The topological polar surface area (TPSA) is 207 Å². The number of fused-ring (bicyclic) bond motifs is 5. The molecule has 0 aromatic heterocycles. The predicted octanol–water partition coefficient (Wildman–Crippen LogP) is -1.51. The predicted molar refractivity (Wildman–Crippen MR) is 139 cm³/mol. The summed E-state index contributed by atoms with van der Waals surface area (Å²) < 4.78 is 16.7. The lowest BCUT2D eigenvalue weighted by molar-refractivity contribution is -0.342. The fourth-order valence-corrected chi connectivity index (χ4v) is 10.1. The van der Waals surface area contributed by atoms with Crippen LogP contribution in [0.5, 0.6) is 0 Å². The third-order valence-electron chi connectivity index (χ3n) is 12.2. The minimum Gasteiger partial charge on any atom is -0.458 e. The molecular formula is C29H44O12. The third kappa shape index (κ3) is 3.99. The average Bonchev–Trinajstić information content (AvgIpc) is 3.45. The quantitative estimate of drug-likeness (QED) is 0.140. The molecule has 0 bridgehead atoms. The molecule has 1 saturated heterocycles. The monoisotopic (exact) mass is 584 g/mol. The Morgan fingerprint density at radius 2 is 1.76 bits per heavy atom. The van der Waals surface area contributed by atoms with Crippen molar-refractivity contribution < 1.29 is 59.9 Å². The Balaban J connectivity index is 1.28. The van der Waals surface area contributed by atoms with Gasteiger partial charge in [-0.25, -0.2) is 4.79 Å². The molecule has 15 atom stereocenters. The van der Waals surface area contributed by atoms with Gasteiger partial charge in [-0.05, 0) is 56.4 Å². The number of cyclic esters (lactones) is 1. The van der Waals surface area contributed by atoms with Crippen LogP contribution in [0.25, 0.3) is 0 Å². The molecule has 6 rings (SSSR count). The number of carbonyl (C=O) groups excluding carboxylic acids is 1. The van der Waals surface area contributed by atoms with Gasteiger partial charge in [0.05, 0.1) is 47.6 Å². The number of hydrogen-bond donors (Lipinski definition) is 8. The van der Waals surface area contributed by atoms with Crippen molar-refractivity contribution in [1.29, 1.82) is 0 Å². The van der Waals surface area contributed by atoms with Crippen molar-refractivity contribution in [3.63, 3.8) is 0 Å². The average molecular weight is 585 g/mol. The molecule has 5 fully saturated rings. The summed E-state index contributed by atoms with van der Waals surface area (Å²) in [7, 11) is 0. The van der Waals surface area contributed by atoms with Gasteiger partial charge in [-0.3, -0.25) is 0 Å². The highest BCUT2D eigenvalue weighted by Crippen LogP contribution is 2.70. The molecule has 4 aliphatic carbocycles. The maximum atomic E-state index is 12.4. The van der Waals surface area contributed by atoms with E-state index in [1.54, 1.807) is 0 Å². The number of carbonyl (C=O) groups is 1. The van der Waals surface area contributed by atoms with Crippen LogP contribution in [0.2, 0.25) is 0 Å². The molecule has 12 heteroatoms. The number of hydrogen-bond acceptors (Lipinski definition) is 12. The zero-order valence-electron chi connectivity index (χ0n) is 23.5. The van der Waals surface area contributed by atoms with Gasteiger partial charge >= 0.3 is 5.97 Å². The number of rotatable bonds is 4. The van der Waals surface area contributed by atoms with Crippen LogP contribution in [0.1, 0.15) is 58.8 Å². The van der Waals surface area contributed by atoms with Gasteiger partial charge in [0.15, 0.2) is 6.29 Å². The Morgan fingerprint density at radius 3 is 2.41 bits per heavy atom. The first kappa shape index (κ1) is 29.9. The Labute approximate surface area is 238 Å². The van der Waals surface area contributed by atoms with Crippen molar-refractivity contribution in [3.05, 3.63) is 11.6 Å². The minimum absolute atomic E-state index is 0.0369. The minimum atomic E-state index is -1.67. The smallest absolute Gasteiger partial charge is 0.331 e. The Kier molecular flexibility index (Phi) is 7.22. The normalized spacial score (nSPS) is 56.9. The number of esters is 1. The number of aliphatic hydroxyl groups excluding tert-OH is 6. The Bertz CT molecular complexity index is 1080. The van der Waals surface area contributed by atoms with Crippen molar-refractivity contribution in [1.82, 2.24) is 0 Å². The molecule has 4 saturated carbocycles. The number of ether oxygens (including phenoxy) is 3. The molecular weight excluding hydrogens is 540 g/mol. The zero-order chi connectivity index (χ0) is 29.7. The fraction of sp³-hybridized carbons (Fsp3) is 0.897. The molecule has 0 aromatic carbocycles. The SMILES string of the molecule is C[C@H]1O[C@@H](O[C@H]2C[C@H](O)[C@]3(CO)[C@H]4[C@H](O)C[C@]5(C)[C@H](C6=CC(=O)OC6)CC[C@@]5(O)[C@@H]4CC[C@@]3(O)C2)[C@H](O)[C@H](O)[C@@H]1O. The van der Waals surface area contributed by atoms with Gasteiger partial charge in [0.1, 0.15) is 24.9 Å². The highest BCUT2D eigenvalue weighted by molar-refractivity contribution is 5.85. The van der Waals surface area contributed by atoms with Crippen molar-refractivity contribution in [2.24, 2.45) is 28.6 Å². The standard InChI is InChI=1S/C29H44O12/c1-13-22(34)23(35)24(36)25(40-13)41-15-8-19(32)28(12-30)21-17(3-5-27(28,37)9-15)29(38)6-4-16(14-7-20(33)39-11-14)26(29,2)10-18(21)31/h7,13,15-19,21-25,30-32,34-38H,3-6,8-12H2,1-2H3/t13-,15+,16+,17-,18-,19+,21-,22-,23-,24-,25+,26-,27-,28-,29-/m1/s1. The van der Waals surface area contributed by atoms with Crippen molar-refractivity contribution in [2.75, 3.05) is 13.2 Å². The van der Waals surface area contributed by atoms with Crippen molar-refractivity contribution in [2.45, 2.75) is 119 Å². The van der Waals surface area contributed by atoms with Gasteiger partial charge in [-0.2, -0.15) is 0 Å². The van der Waals surface area contributed by atoms with E-state index < -0.39 is 95.5 Å². The summed E-state index contributed by atoms with van der Waals surface area (Å²) in [6.45, 7) is 3.00. The van der Waals surface area contributed by atoms with Crippen LogP contribution in [0, 0.1) is 28.6 Å². The van der Waals surface area contributed by atoms with Crippen LogP contribution in [0.3, 0.4) is 0 Å². The summed E-state index contributed by atoms with van der Waals surface area (Å²) in [5.41, 5.74) is -4.46. The molecule has 8 N–H and O–H groups in total.